The van der Waals surface area contributed by atoms with Gasteiger partial charge in [-0.1, -0.05) is 0 Å². The number of rotatable bonds is 5. The molecule has 0 radical (unpaired) electrons. The third kappa shape index (κ3) is 4.04. The molecular weight excluding hydrogens is 488 g/mol. The van der Waals surface area contributed by atoms with Crippen molar-refractivity contribution < 1.29 is 23.6 Å². The van der Waals surface area contributed by atoms with Crippen LogP contribution in [0.3, 0.4) is 0 Å². The predicted molar refractivity (Wildman–Crippen MR) is 126 cm³/mol. The van der Waals surface area contributed by atoms with Crippen LogP contribution in [0.1, 0.15) is 45.4 Å². The van der Waals surface area contributed by atoms with Gasteiger partial charge in [-0.3, -0.25) is 10.1 Å². The van der Waals surface area contributed by atoms with Gasteiger partial charge < -0.3 is 15.7 Å². The van der Waals surface area contributed by atoms with Crippen molar-refractivity contribution in [1.82, 2.24) is 14.6 Å². The first-order valence-electron chi connectivity index (χ1n) is 11.0. The van der Waals surface area contributed by atoms with E-state index in [2.05, 4.69) is 10.1 Å². The molecule has 1 aliphatic heterocycles. The Morgan fingerprint density at radius 2 is 2.00 bits per heavy atom. The van der Waals surface area contributed by atoms with Gasteiger partial charge in [0, 0.05) is 36.4 Å². The van der Waals surface area contributed by atoms with Crippen molar-refractivity contribution in [3.63, 3.8) is 0 Å². The molecule has 0 spiro atoms. The summed E-state index contributed by atoms with van der Waals surface area (Å²) in [4.78, 5) is 28.8. The average Bonchev–Trinajstić information content (AvgIpc) is 3.45. The molecule has 0 saturated carbocycles. The molecule has 0 unspecified atom stereocenters. The highest BCUT2D eigenvalue weighted by Crippen LogP contribution is 2.45. The van der Waals surface area contributed by atoms with E-state index in [9.17, 15) is 34.1 Å². The number of aromatic carboxylic acids is 1. The van der Waals surface area contributed by atoms with E-state index in [4.69, 9.17) is 5.73 Å². The minimum Gasteiger partial charge on any atom is -0.478 e. The first kappa shape index (κ1) is 23.6. The van der Waals surface area contributed by atoms with Gasteiger partial charge in [-0.2, -0.15) is 5.26 Å². The molecule has 2 aromatic carbocycles. The SMILES string of the molecule is N#Cc1c(N)nn2ccc(N3C[C@H](c4cc([N+](=O)[O-])ccc4C(=O)O)C[C@@H]3c3cc(F)ccc3F)nc12. The highest BCUT2D eigenvalue weighted by atomic mass is 19.1. The Hall–Kier alpha value is -5.12. The zero-order valence-corrected chi connectivity index (χ0v) is 18.9. The van der Waals surface area contributed by atoms with E-state index < -0.39 is 34.5 Å². The van der Waals surface area contributed by atoms with Crippen LogP contribution in [0.25, 0.3) is 5.65 Å². The van der Waals surface area contributed by atoms with Crippen LogP contribution in [0, 0.1) is 33.1 Å². The van der Waals surface area contributed by atoms with Crippen molar-refractivity contribution in [2.24, 2.45) is 0 Å². The second kappa shape index (κ2) is 8.83. The molecule has 2 atom stereocenters. The number of hydrogen-bond donors (Lipinski definition) is 2. The minimum absolute atomic E-state index is 0.0139. The lowest BCUT2D eigenvalue weighted by atomic mass is 9.90. The van der Waals surface area contributed by atoms with Crippen LogP contribution < -0.4 is 10.6 Å². The summed E-state index contributed by atoms with van der Waals surface area (Å²) in [6.07, 6.45) is 1.62. The van der Waals surface area contributed by atoms with Gasteiger partial charge >= 0.3 is 5.97 Å². The normalized spacial score (nSPS) is 17.2. The quantitative estimate of drug-likeness (QED) is 0.303. The number of aromatic nitrogens is 3. The summed E-state index contributed by atoms with van der Waals surface area (Å²) < 4.78 is 30.4. The van der Waals surface area contributed by atoms with E-state index >= 15 is 0 Å². The lowest BCUT2D eigenvalue weighted by molar-refractivity contribution is -0.384. The third-order valence-corrected chi connectivity index (χ3v) is 6.44. The van der Waals surface area contributed by atoms with Crippen molar-refractivity contribution in [3.8, 4) is 6.07 Å². The van der Waals surface area contributed by atoms with Gasteiger partial charge in [0.05, 0.1) is 16.5 Å². The molecule has 37 heavy (non-hydrogen) atoms. The lowest BCUT2D eigenvalue weighted by Gasteiger charge is -2.26. The number of carboxylic acid groups (broad SMARTS) is 1. The molecule has 1 fully saturated rings. The molecule has 2 aromatic heterocycles. The Morgan fingerprint density at radius 1 is 1.22 bits per heavy atom. The summed E-state index contributed by atoms with van der Waals surface area (Å²) in [5.41, 5.74) is 5.77. The number of nitriles is 1. The van der Waals surface area contributed by atoms with Gasteiger partial charge in [-0.05, 0) is 42.3 Å². The van der Waals surface area contributed by atoms with E-state index in [1.807, 2.05) is 6.07 Å². The first-order chi connectivity index (χ1) is 17.7. The number of hydrogen-bond acceptors (Lipinski definition) is 8. The highest BCUT2D eigenvalue weighted by molar-refractivity contribution is 5.90. The van der Waals surface area contributed by atoms with Gasteiger partial charge in [-0.15, -0.1) is 5.10 Å². The fraction of sp³-hybridized carbons (Fsp3) is 0.167. The number of nitro groups is 1. The van der Waals surface area contributed by atoms with Crippen LogP contribution in [-0.4, -0.2) is 37.1 Å². The average molecular weight is 505 g/mol. The van der Waals surface area contributed by atoms with E-state index in [1.54, 1.807) is 11.0 Å². The minimum atomic E-state index is -1.27. The van der Waals surface area contributed by atoms with Crippen LogP contribution in [0.15, 0.2) is 48.7 Å². The maximum atomic E-state index is 14.9. The van der Waals surface area contributed by atoms with Crippen LogP contribution in [0.4, 0.5) is 26.1 Å². The summed E-state index contributed by atoms with van der Waals surface area (Å²) in [5.74, 6) is -2.97. The summed E-state index contributed by atoms with van der Waals surface area (Å²) >= 11 is 0. The van der Waals surface area contributed by atoms with Gasteiger partial charge in [0.1, 0.15) is 29.1 Å². The zero-order valence-electron chi connectivity index (χ0n) is 18.9. The van der Waals surface area contributed by atoms with Crippen LogP contribution in [0.5, 0.6) is 0 Å². The molecule has 11 nitrogen and oxygen atoms in total. The number of nitrogens with zero attached hydrogens (tertiary/aromatic N) is 6. The monoisotopic (exact) mass is 505 g/mol. The molecule has 0 aliphatic carbocycles. The second-order valence-corrected chi connectivity index (χ2v) is 8.53. The number of carboxylic acids is 1. The molecule has 4 aromatic rings. The van der Waals surface area contributed by atoms with Gasteiger partial charge in [0.2, 0.25) is 0 Å². The maximum Gasteiger partial charge on any atom is 0.335 e. The Labute approximate surface area is 207 Å². The molecule has 0 bridgehead atoms. The third-order valence-electron chi connectivity index (χ3n) is 6.44. The van der Waals surface area contributed by atoms with Crippen LogP contribution in [-0.2, 0) is 0 Å². The number of nitrogen functional groups attached to an aromatic ring is 1. The lowest BCUT2D eigenvalue weighted by Crippen LogP contribution is -2.25. The van der Waals surface area contributed by atoms with Crippen molar-refractivity contribution >= 4 is 28.9 Å². The number of halogens is 2. The summed E-state index contributed by atoms with van der Waals surface area (Å²) in [6, 6.07) is 9.18. The number of nitro benzene ring substituents is 1. The highest BCUT2D eigenvalue weighted by Gasteiger charge is 2.38. The second-order valence-electron chi connectivity index (χ2n) is 8.53. The summed E-state index contributed by atoms with van der Waals surface area (Å²) in [5, 5.41) is 34.6. The molecule has 3 heterocycles. The summed E-state index contributed by atoms with van der Waals surface area (Å²) in [6.45, 7) is 0.0801. The molecule has 1 aliphatic rings. The largest absolute Gasteiger partial charge is 0.478 e. The number of non-ortho nitro benzene ring substituents is 1. The number of carbonyl (C=O) groups is 1. The van der Waals surface area contributed by atoms with Crippen molar-refractivity contribution in [3.05, 3.63) is 92.7 Å². The fourth-order valence-corrected chi connectivity index (χ4v) is 4.78. The van der Waals surface area contributed by atoms with E-state index in [0.29, 0.717) is 0 Å². The Bertz CT molecular complexity index is 1630. The zero-order chi connectivity index (χ0) is 26.4. The van der Waals surface area contributed by atoms with E-state index in [-0.39, 0.29) is 58.2 Å². The maximum absolute atomic E-state index is 14.9. The smallest absolute Gasteiger partial charge is 0.335 e. The molecule has 0 amide bonds. The Morgan fingerprint density at radius 3 is 2.70 bits per heavy atom. The van der Waals surface area contributed by atoms with Gasteiger partial charge in [0.25, 0.3) is 5.69 Å². The molecule has 1 saturated heterocycles. The molecule has 3 N–H and O–H groups in total. The van der Waals surface area contributed by atoms with Crippen molar-refractivity contribution in [2.75, 3.05) is 17.2 Å². The first-order valence-corrected chi connectivity index (χ1v) is 11.0. The number of anilines is 2. The van der Waals surface area contributed by atoms with Gasteiger partial charge in [-0.25, -0.2) is 23.1 Å². The van der Waals surface area contributed by atoms with Crippen molar-refractivity contribution in [2.45, 2.75) is 18.4 Å². The molecular formula is C24H17F2N7O4. The molecule has 13 heteroatoms. The Kier molecular flexibility index (Phi) is 5.63. The van der Waals surface area contributed by atoms with Gasteiger partial charge in [0.15, 0.2) is 11.5 Å². The fourth-order valence-electron chi connectivity index (χ4n) is 4.78. The topological polar surface area (TPSA) is 164 Å². The van der Waals surface area contributed by atoms with E-state index in [1.165, 1.54) is 16.8 Å². The van der Waals surface area contributed by atoms with Crippen molar-refractivity contribution in [1.29, 1.82) is 5.26 Å². The molecule has 5 rings (SSSR count). The van der Waals surface area contributed by atoms with E-state index in [0.717, 1.165) is 30.3 Å². The standard InChI is InChI=1S/C24H17F2N7O4/c25-13-1-4-19(26)17(8-13)20-7-12(16-9-14(33(36)37)2-3-15(16)24(34)35)11-31(20)21-5-6-32-23(29-21)18(10-27)22(28)30-32/h1-6,8-9,12,20H,7,11H2,(H2,28,30)(H,34,35)/t12-,20-/m1/s1. The van der Waals surface area contributed by atoms with Crippen LogP contribution >= 0.6 is 0 Å². The Balaban J connectivity index is 1.66. The predicted octanol–water partition coefficient (Wildman–Crippen LogP) is 3.80. The molecule has 186 valence electrons. The number of fused-ring (bicyclic) bond motifs is 1. The van der Waals surface area contributed by atoms with Crippen LogP contribution in [0.2, 0.25) is 0 Å². The number of nitrogens with two attached hydrogens (primary N) is 1. The number of benzene rings is 2. The summed E-state index contributed by atoms with van der Waals surface area (Å²) in [7, 11) is 0.